The molecule has 0 saturated carbocycles. The molecule has 1 aliphatic rings. The fourth-order valence-electron chi connectivity index (χ4n) is 2.39. The van der Waals surface area contributed by atoms with Crippen molar-refractivity contribution in [2.75, 3.05) is 19.6 Å². The molecule has 1 aliphatic heterocycles. The summed E-state index contributed by atoms with van der Waals surface area (Å²) in [5, 5.41) is 3.31. The van der Waals surface area contributed by atoms with Gasteiger partial charge in [0.25, 0.3) is 5.91 Å². The van der Waals surface area contributed by atoms with Crippen molar-refractivity contribution in [1.82, 2.24) is 10.2 Å². The highest BCUT2D eigenvalue weighted by Crippen LogP contribution is 2.13. The van der Waals surface area contributed by atoms with Crippen molar-refractivity contribution in [3.8, 4) is 0 Å². The lowest BCUT2D eigenvalue weighted by Gasteiger charge is -2.24. The third kappa shape index (κ3) is 3.50. The number of benzene rings is 1. The van der Waals surface area contributed by atoms with E-state index in [1.165, 1.54) is 0 Å². The first kappa shape index (κ1) is 13.9. The number of carbonyl (C=O) groups excluding carboxylic acids is 1. The molecule has 5 heteroatoms. The van der Waals surface area contributed by atoms with Gasteiger partial charge >= 0.3 is 0 Å². The van der Waals surface area contributed by atoms with E-state index in [2.05, 4.69) is 5.32 Å². The maximum absolute atomic E-state index is 13.1. The van der Waals surface area contributed by atoms with Crippen LogP contribution in [0.4, 0.5) is 8.78 Å². The highest BCUT2D eigenvalue weighted by molar-refractivity contribution is 5.94. The van der Waals surface area contributed by atoms with Crippen LogP contribution in [-0.4, -0.2) is 36.5 Å². The summed E-state index contributed by atoms with van der Waals surface area (Å²) in [6, 6.07) is 3.21. The van der Waals surface area contributed by atoms with Crippen LogP contribution < -0.4 is 5.32 Å². The number of hydrogen-bond donors (Lipinski definition) is 1. The minimum absolute atomic E-state index is 0.0670. The van der Waals surface area contributed by atoms with Crippen molar-refractivity contribution in [3.05, 3.63) is 35.4 Å². The van der Waals surface area contributed by atoms with Gasteiger partial charge in [0.1, 0.15) is 11.6 Å². The monoisotopic (exact) mass is 268 g/mol. The molecule has 0 bridgehead atoms. The molecule has 1 amide bonds. The summed E-state index contributed by atoms with van der Waals surface area (Å²) in [5.41, 5.74) is 0.0670. The van der Waals surface area contributed by atoms with Crippen molar-refractivity contribution >= 4 is 5.91 Å². The maximum atomic E-state index is 13.1. The lowest BCUT2D eigenvalue weighted by atomic mass is 10.1. The summed E-state index contributed by atoms with van der Waals surface area (Å²) >= 11 is 0. The van der Waals surface area contributed by atoms with Gasteiger partial charge in [-0.3, -0.25) is 4.79 Å². The smallest absolute Gasteiger partial charge is 0.254 e. The molecule has 0 aliphatic carbocycles. The Bertz CT molecular complexity index is 439. The SMILES string of the molecule is CCN(CC1CCCN1)C(=O)c1cc(F)cc(F)c1. The molecule has 0 aromatic heterocycles. The first-order valence-electron chi connectivity index (χ1n) is 6.59. The summed E-state index contributed by atoms with van der Waals surface area (Å²) in [6.07, 6.45) is 2.13. The molecule has 3 nitrogen and oxygen atoms in total. The van der Waals surface area contributed by atoms with E-state index in [-0.39, 0.29) is 17.5 Å². The highest BCUT2D eigenvalue weighted by atomic mass is 19.1. The largest absolute Gasteiger partial charge is 0.337 e. The average molecular weight is 268 g/mol. The minimum Gasteiger partial charge on any atom is -0.337 e. The van der Waals surface area contributed by atoms with E-state index < -0.39 is 11.6 Å². The highest BCUT2D eigenvalue weighted by Gasteiger charge is 2.22. The van der Waals surface area contributed by atoms with Crippen molar-refractivity contribution in [1.29, 1.82) is 0 Å². The van der Waals surface area contributed by atoms with Gasteiger partial charge in [-0.25, -0.2) is 8.78 Å². The van der Waals surface area contributed by atoms with Gasteiger partial charge in [-0.2, -0.15) is 0 Å². The number of carbonyl (C=O) groups is 1. The van der Waals surface area contributed by atoms with Gasteiger partial charge < -0.3 is 10.2 Å². The van der Waals surface area contributed by atoms with Gasteiger partial charge in [0, 0.05) is 30.8 Å². The zero-order valence-electron chi connectivity index (χ0n) is 11.0. The van der Waals surface area contributed by atoms with Crippen LogP contribution in [-0.2, 0) is 0 Å². The van der Waals surface area contributed by atoms with E-state index in [0.29, 0.717) is 13.1 Å². The molecule has 19 heavy (non-hydrogen) atoms. The molecule has 2 rings (SSSR count). The first-order chi connectivity index (χ1) is 9.10. The summed E-state index contributed by atoms with van der Waals surface area (Å²) in [4.78, 5) is 13.9. The summed E-state index contributed by atoms with van der Waals surface area (Å²) in [6.45, 7) is 3.93. The number of likely N-dealkylation sites (N-methyl/N-ethyl adjacent to an activating group) is 1. The molecular formula is C14H18F2N2O. The Labute approximate surface area is 111 Å². The van der Waals surface area contributed by atoms with Crippen molar-refractivity contribution in [2.24, 2.45) is 0 Å². The van der Waals surface area contributed by atoms with Crippen molar-refractivity contribution in [3.63, 3.8) is 0 Å². The Hall–Kier alpha value is -1.49. The van der Waals surface area contributed by atoms with Gasteiger partial charge in [-0.15, -0.1) is 0 Å². The molecule has 1 aromatic carbocycles. The van der Waals surface area contributed by atoms with Crippen LogP contribution in [0.2, 0.25) is 0 Å². The molecule has 104 valence electrons. The second kappa shape index (κ2) is 6.10. The molecule has 1 unspecified atom stereocenters. The average Bonchev–Trinajstić information content (AvgIpc) is 2.86. The fourth-order valence-corrected chi connectivity index (χ4v) is 2.39. The molecule has 1 atom stereocenters. The van der Waals surface area contributed by atoms with Crippen LogP contribution in [0, 0.1) is 11.6 Å². The second-order valence-electron chi connectivity index (χ2n) is 4.80. The van der Waals surface area contributed by atoms with Crippen LogP contribution in [0.5, 0.6) is 0 Å². The molecule has 0 spiro atoms. The zero-order chi connectivity index (χ0) is 13.8. The molecule has 0 radical (unpaired) electrons. The Morgan fingerprint density at radius 2 is 2.05 bits per heavy atom. The molecular weight excluding hydrogens is 250 g/mol. The summed E-state index contributed by atoms with van der Waals surface area (Å²) < 4.78 is 26.3. The van der Waals surface area contributed by atoms with Gasteiger partial charge in [-0.05, 0) is 38.4 Å². The Kier molecular flexibility index (Phi) is 4.47. The standard InChI is InChI=1S/C14H18F2N2O/c1-2-18(9-13-4-3-5-17-13)14(19)10-6-11(15)8-12(16)7-10/h6-8,13,17H,2-5,9H2,1H3. The van der Waals surface area contributed by atoms with Crippen LogP contribution in [0.25, 0.3) is 0 Å². The number of hydrogen-bond acceptors (Lipinski definition) is 2. The third-order valence-electron chi connectivity index (χ3n) is 3.38. The molecule has 1 saturated heterocycles. The molecule has 1 aromatic rings. The second-order valence-corrected chi connectivity index (χ2v) is 4.80. The number of amides is 1. The molecule has 1 fully saturated rings. The molecule has 1 N–H and O–H groups in total. The Morgan fingerprint density at radius 3 is 2.58 bits per heavy atom. The number of nitrogens with one attached hydrogen (secondary N) is 1. The van der Waals surface area contributed by atoms with Crippen molar-refractivity contribution in [2.45, 2.75) is 25.8 Å². The fraction of sp³-hybridized carbons (Fsp3) is 0.500. The quantitative estimate of drug-likeness (QED) is 0.907. The van der Waals surface area contributed by atoms with Gasteiger partial charge in [0.2, 0.25) is 0 Å². The van der Waals surface area contributed by atoms with Gasteiger partial charge in [0.05, 0.1) is 0 Å². The maximum Gasteiger partial charge on any atom is 0.254 e. The van der Waals surface area contributed by atoms with E-state index in [4.69, 9.17) is 0 Å². The minimum atomic E-state index is -0.724. The van der Waals surface area contributed by atoms with Crippen LogP contribution >= 0.6 is 0 Å². The predicted octanol–water partition coefficient (Wildman–Crippen LogP) is 2.18. The van der Waals surface area contributed by atoms with Crippen molar-refractivity contribution < 1.29 is 13.6 Å². The normalized spacial score (nSPS) is 18.6. The lowest BCUT2D eigenvalue weighted by Crippen LogP contribution is -2.41. The van der Waals surface area contributed by atoms with E-state index >= 15 is 0 Å². The Morgan fingerprint density at radius 1 is 1.37 bits per heavy atom. The summed E-state index contributed by atoms with van der Waals surface area (Å²) in [5.74, 6) is -1.77. The van der Waals surface area contributed by atoms with Crippen LogP contribution in [0.15, 0.2) is 18.2 Å². The van der Waals surface area contributed by atoms with Crippen LogP contribution in [0.1, 0.15) is 30.1 Å². The van der Waals surface area contributed by atoms with E-state index in [1.54, 1.807) is 4.90 Å². The molecule has 1 heterocycles. The van der Waals surface area contributed by atoms with Crippen LogP contribution in [0.3, 0.4) is 0 Å². The third-order valence-corrected chi connectivity index (χ3v) is 3.38. The zero-order valence-corrected chi connectivity index (χ0v) is 11.0. The topological polar surface area (TPSA) is 32.3 Å². The van der Waals surface area contributed by atoms with Gasteiger partial charge in [-0.1, -0.05) is 0 Å². The van der Waals surface area contributed by atoms with E-state index in [1.807, 2.05) is 6.92 Å². The number of nitrogens with zero attached hydrogens (tertiary/aromatic N) is 1. The summed E-state index contributed by atoms with van der Waals surface area (Å²) in [7, 11) is 0. The number of rotatable bonds is 4. The van der Waals surface area contributed by atoms with Gasteiger partial charge in [0.15, 0.2) is 0 Å². The van der Waals surface area contributed by atoms with E-state index in [9.17, 15) is 13.6 Å². The lowest BCUT2D eigenvalue weighted by molar-refractivity contribution is 0.0750. The first-order valence-corrected chi connectivity index (χ1v) is 6.59. The van der Waals surface area contributed by atoms with E-state index in [0.717, 1.165) is 37.6 Å². The Balaban J connectivity index is 2.10. The predicted molar refractivity (Wildman–Crippen MR) is 69.0 cm³/mol. The number of halogens is 2.